The van der Waals surface area contributed by atoms with Gasteiger partial charge in [-0.05, 0) is 12.5 Å². The van der Waals surface area contributed by atoms with Crippen LogP contribution >= 0.6 is 0 Å². The van der Waals surface area contributed by atoms with Crippen LogP contribution in [0.4, 0.5) is 0 Å². The lowest BCUT2D eigenvalue weighted by atomic mass is 10.0. The Bertz CT molecular complexity index is 423. The number of benzene rings is 1. The van der Waals surface area contributed by atoms with Crippen molar-refractivity contribution in [3.05, 3.63) is 35.4 Å². The van der Waals surface area contributed by atoms with Gasteiger partial charge in [0.1, 0.15) is 6.10 Å². The number of carbonyl (C=O) groups excluding carboxylic acids is 1. The van der Waals surface area contributed by atoms with Crippen LogP contribution in [0.1, 0.15) is 17.5 Å². The van der Waals surface area contributed by atoms with Crippen LogP contribution in [-0.2, 0) is 9.53 Å². The number of hydrogen-bond donors (Lipinski definition) is 1. The van der Waals surface area contributed by atoms with E-state index in [1.165, 1.54) is 12.7 Å². The fourth-order valence-corrected chi connectivity index (χ4v) is 1.63. The van der Waals surface area contributed by atoms with Crippen molar-refractivity contribution in [1.82, 2.24) is 5.43 Å². The van der Waals surface area contributed by atoms with Gasteiger partial charge in [-0.3, -0.25) is 4.79 Å². The molecule has 1 aliphatic heterocycles. The fourth-order valence-electron chi connectivity index (χ4n) is 1.63. The van der Waals surface area contributed by atoms with Gasteiger partial charge < -0.3 is 4.74 Å². The maximum atomic E-state index is 11.3. The second kappa shape index (κ2) is 4.45. The molecule has 0 aliphatic carbocycles. The summed E-state index contributed by atoms with van der Waals surface area (Å²) in [5, 5.41) is 4.05. The minimum Gasteiger partial charge on any atom is -0.371 e. The maximum absolute atomic E-state index is 11.3. The van der Waals surface area contributed by atoms with E-state index in [-0.39, 0.29) is 5.91 Å². The van der Waals surface area contributed by atoms with Gasteiger partial charge in [0.05, 0.1) is 5.71 Å². The highest BCUT2D eigenvalue weighted by molar-refractivity contribution is 6.05. The zero-order valence-electron chi connectivity index (χ0n) is 9.36. The summed E-state index contributed by atoms with van der Waals surface area (Å²) in [5.74, 6) is -0.182. The predicted octanol–water partition coefficient (Wildman–Crippen LogP) is 1.23. The number of hydrogen-bond acceptors (Lipinski definition) is 3. The predicted molar refractivity (Wildman–Crippen MR) is 61.3 cm³/mol. The zero-order valence-corrected chi connectivity index (χ0v) is 9.36. The quantitative estimate of drug-likeness (QED) is 0.811. The van der Waals surface area contributed by atoms with Crippen molar-refractivity contribution in [1.29, 1.82) is 0 Å². The Morgan fingerprint density at radius 3 is 2.69 bits per heavy atom. The molecule has 1 atom stereocenters. The molecule has 0 fully saturated rings. The summed E-state index contributed by atoms with van der Waals surface area (Å²) in [6, 6.07) is 8.04. The Kier molecular flexibility index (Phi) is 3.01. The van der Waals surface area contributed by atoms with E-state index < -0.39 is 6.10 Å². The number of rotatable bonds is 2. The van der Waals surface area contributed by atoms with Gasteiger partial charge in [0.15, 0.2) is 0 Å². The molecule has 16 heavy (non-hydrogen) atoms. The lowest BCUT2D eigenvalue weighted by Gasteiger charge is -2.20. The Balaban J connectivity index is 2.22. The van der Waals surface area contributed by atoms with Crippen molar-refractivity contribution >= 4 is 11.6 Å². The molecule has 1 unspecified atom stereocenters. The van der Waals surface area contributed by atoms with E-state index in [4.69, 9.17) is 4.74 Å². The average molecular weight is 218 g/mol. The zero-order chi connectivity index (χ0) is 11.5. The minimum atomic E-state index is -0.436. The molecule has 1 amide bonds. The van der Waals surface area contributed by atoms with Gasteiger partial charge in [-0.25, -0.2) is 5.43 Å². The summed E-state index contributed by atoms with van der Waals surface area (Å²) < 4.78 is 5.09. The lowest BCUT2D eigenvalue weighted by molar-refractivity contribution is -0.131. The maximum Gasteiger partial charge on any atom is 0.269 e. The number of amides is 1. The van der Waals surface area contributed by atoms with E-state index >= 15 is 0 Å². The van der Waals surface area contributed by atoms with E-state index in [1.807, 2.05) is 31.2 Å². The molecule has 1 aromatic carbocycles. The molecule has 0 aromatic heterocycles. The standard InChI is InChI=1S/C12H14N2O2/c1-8-3-5-9(6-4-8)10-7-11(16-2)12(15)14-13-10/h3-6,11H,7H2,1-2H3,(H,14,15). The number of aryl methyl sites for hydroxylation is 1. The van der Waals surface area contributed by atoms with Crippen LogP contribution in [0.5, 0.6) is 0 Å². The monoisotopic (exact) mass is 218 g/mol. The molecule has 1 heterocycles. The molecule has 0 saturated carbocycles. The Hall–Kier alpha value is -1.68. The number of methoxy groups -OCH3 is 1. The van der Waals surface area contributed by atoms with Crippen LogP contribution in [0, 0.1) is 6.92 Å². The molecule has 4 heteroatoms. The first kappa shape index (κ1) is 10.8. The minimum absolute atomic E-state index is 0.182. The average Bonchev–Trinajstić information content (AvgIpc) is 2.31. The van der Waals surface area contributed by atoms with Crippen LogP contribution in [0.2, 0.25) is 0 Å². The summed E-state index contributed by atoms with van der Waals surface area (Å²) in [6.07, 6.45) is 0.0829. The Labute approximate surface area is 94.3 Å². The number of nitrogens with zero attached hydrogens (tertiary/aromatic N) is 1. The van der Waals surface area contributed by atoms with E-state index in [2.05, 4.69) is 10.5 Å². The second-order valence-electron chi connectivity index (χ2n) is 3.83. The molecular weight excluding hydrogens is 204 g/mol. The van der Waals surface area contributed by atoms with Gasteiger partial charge >= 0.3 is 0 Å². The number of ether oxygens (including phenoxy) is 1. The third kappa shape index (κ3) is 2.12. The highest BCUT2D eigenvalue weighted by atomic mass is 16.5. The van der Waals surface area contributed by atoms with E-state index in [1.54, 1.807) is 0 Å². The molecule has 1 aliphatic rings. The molecule has 1 N–H and O–H groups in total. The van der Waals surface area contributed by atoms with Crippen molar-refractivity contribution in [2.24, 2.45) is 5.10 Å². The molecule has 1 aromatic rings. The third-order valence-corrected chi connectivity index (χ3v) is 2.64. The molecule has 0 bridgehead atoms. The van der Waals surface area contributed by atoms with Crippen LogP contribution in [0.15, 0.2) is 29.4 Å². The first-order chi connectivity index (χ1) is 7.70. The Morgan fingerprint density at radius 2 is 2.06 bits per heavy atom. The van der Waals surface area contributed by atoms with Crippen molar-refractivity contribution in [2.45, 2.75) is 19.4 Å². The molecule has 84 valence electrons. The molecule has 0 radical (unpaired) electrons. The molecule has 0 saturated heterocycles. The van der Waals surface area contributed by atoms with Gasteiger partial charge in [0, 0.05) is 13.5 Å². The van der Waals surface area contributed by atoms with E-state index in [0.29, 0.717) is 6.42 Å². The van der Waals surface area contributed by atoms with Crippen LogP contribution in [0.25, 0.3) is 0 Å². The third-order valence-electron chi connectivity index (χ3n) is 2.64. The first-order valence-corrected chi connectivity index (χ1v) is 5.17. The summed E-state index contributed by atoms with van der Waals surface area (Å²) in [4.78, 5) is 11.3. The largest absolute Gasteiger partial charge is 0.371 e. The van der Waals surface area contributed by atoms with Crippen LogP contribution < -0.4 is 5.43 Å². The van der Waals surface area contributed by atoms with Crippen molar-refractivity contribution < 1.29 is 9.53 Å². The van der Waals surface area contributed by atoms with Gasteiger partial charge in [0.25, 0.3) is 5.91 Å². The summed E-state index contributed by atoms with van der Waals surface area (Å²) >= 11 is 0. The molecule has 2 rings (SSSR count). The van der Waals surface area contributed by atoms with Gasteiger partial charge in [0.2, 0.25) is 0 Å². The second-order valence-corrected chi connectivity index (χ2v) is 3.83. The topological polar surface area (TPSA) is 50.7 Å². The van der Waals surface area contributed by atoms with Crippen molar-refractivity contribution in [3.8, 4) is 0 Å². The van der Waals surface area contributed by atoms with E-state index in [9.17, 15) is 4.79 Å². The van der Waals surface area contributed by atoms with Crippen molar-refractivity contribution in [2.75, 3.05) is 7.11 Å². The molecule has 4 nitrogen and oxygen atoms in total. The SMILES string of the molecule is COC1CC(c2ccc(C)cc2)=NNC1=O. The first-order valence-electron chi connectivity index (χ1n) is 5.17. The van der Waals surface area contributed by atoms with Crippen molar-refractivity contribution in [3.63, 3.8) is 0 Å². The lowest BCUT2D eigenvalue weighted by Crippen LogP contribution is -2.39. The van der Waals surface area contributed by atoms with Crippen LogP contribution in [0.3, 0.4) is 0 Å². The van der Waals surface area contributed by atoms with Crippen LogP contribution in [-0.4, -0.2) is 24.8 Å². The Morgan fingerprint density at radius 1 is 1.38 bits per heavy atom. The van der Waals surface area contributed by atoms with Gasteiger partial charge in [-0.15, -0.1) is 0 Å². The highest BCUT2D eigenvalue weighted by Crippen LogP contribution is 2.13. The molecular formula is C12H14N2O2. The van der Waals surface area contributed by atoms with E-state index in [0.717, 1.165) is 11.3 Å². The number of carbonyl (C=O) groups is 1. The fraction of sp³-hybridized carbons (Fsp3) is 0.333. The summed E-state index contributed by atoms with van der Waals surface area (Å²) in [7, 11) is 1.53. The summed E-state index contributed by atoms with van der Waals surface area (Å²) in [6.45, 7) is 2.03. The van der Waals surface area contributed by atoms with Gasteiger partial charge in [-0.1, -0.05) is 29.8 Å². The molecule has 0 spiro atoms. The highest BCUT2D eigenvalue weighted by Gasteiger charge is 2.24. The smallest absolute Gasteiger partial charge is 0.269 e. The number of hydrazone groups is 1. The number of nitrogens with one attached hydrogen (secondary N) is 1. The summed E-state index contributed by atoms with van der Waals surface area (Å²) in [5.41, 5.74) is 5.55. The van der Waals surface area contributed by atoms with Gasteiger partial charge in [-0.2, -0.15) is 5.10 Å². The normalized spacial score (nSPS) is 20.2.